The summed E-state index contributed by atoms with van der Waals surface area (Å²) >= 11 is 0. The normalized spacial score (nSPS) is 11.2. The summed E-state index contributed by atoms with van der Waals surface area (Å²) in [4.78, 5) is 11.1. The van der Waals surface area contributed by atoms with Crippen LogP contribution in [-0.2, 0) is 15.0 Å². The lowest BCUT2D eigenvalue weighted by Gasteiger charge is -2.05. The van der Waals surface area contributed by atoms with E-state index in [-0.39, 0.29) is 5.91 Å². The number of carbonyl (C=O) groups excluding carboxylic acids is 1. The van der Waals surface area contributed by atoms with E-state index in [0.29, 0.717) is 12.1 Å². The Labute approximate surface area is 106 Å². The van der Waals surface area contributed by atoms with Crippen molar-refractivity contribution in [3.05, 3.63) is 24.3 Å². The summed E-state index contributed by atoms with van der Waals surface area (Å²) < 4.78 is 33.8. The largest absolute Gasteiger partial charge is 0.332 e. The molecule has 1 aromatic carbocycles. The molecular weight excluding hydrogens is 257 g/mol. The van der Waals surface area contributed by atoms with Crippen LogP contribution in [0.5, 0.6) is 0 Å². The monoisotopic (exact) mass is 273 g/mol. The quantitative estimate of drug-likeness (QED) is 0.640. The standard InChI is InChI=1S/C12H16FNO3S/c1-2-3-4-5-12(15)14-10-6-8-11(9-7-10)18(13,16)17/h6-9H,2-5H2,1H3,(H,14,15). The first-order valence-corrected chi connectivity index (χ1v) is 7.16. The topological polar surface area (TPSA) is 63.2 Å². The summed E-state index contributed by atoms with van der Waals surface area (Å²) in [6.07, 6.45) is 3.28. The number of halogens is 1. The molecular formula is C12H16FNO3S. The lowest BCUT2D eigenvalue weighted by atomic mass is 10.2. The number of amides is 1. The molecule has 1 amide bonds. The molecule has 0 fully saturated rings. The van der Waals surface area contributed by atoms with Crippen LogP contribution in [-0.4, -0.2) is 14.3 Å². The van der Waals surface area contributed by atoms with Crippen molar-refractivity contribution in [3.8, 4) is 0 Å². The van der Waals surface area contributed by atoms with Gasteiger partial charge in [0.25, 0.3) is 0 Å². The molecule has 0 aliphatic carbocycles. The average Bonchev–Trinajstić information content (AvgIpc) is 2.29. The van der Waals surface area contributed by atoms with Crippen LogP contribution in [0.1, 0.15) is 32.6 Å². The van der Waals surface area contributed by atoms with Gasteiger partial charge in [-0.15, -0.1) is 3.89 Å². The van der Waals surface area contributed by atoms with Gasteiger partial charge in [-0.2, -0.15) is 8.42 Å². The van der Waals surface area contributed by atoms with Crippen molar-refractivity contribution in [2.24, 2.45) is 0 Å². The molecule has 0 unspecified atom stereocenters. The fourth-order valence-electron chi connectivity index (χ4n) is 1.46. The summed E-state index contributed by atoms with van der Waals surface area (Å²) in [5.41, 5.74) is 0.462. The van der Waals surface area contributed by atoms with E-state index in [2.05, 4.69) is 5.32 Å². The van der Waals surface area contributed by atoms with Gasteiger partial charge in [-0.05, 0) is 30.7 Å². The molecule has 0 radical (unpaired) electrons. The Kier molecular flexibility index (Phi) is 5.27. The molecule has 1 aromatic rings. The number of rotatable bonds is 6. The highest BCUT2D eigenvalue weighted by atomic mass is 32.3. The lowest BCUT2D eigenvalue weighted by Crippen LogP contribution is -2.11. The molecule has 0 heterocycles. The first kappa shape index (κ1) is 14.6. The fourth-order valence-corrected chi connectivity index (χ4v) is 1.92. The molecule has 0 bridgehead atoms. The molecule has 6 heteroatoms. The van der Waals surface area contributed by atoms with E-state index < -0.39 is 15.1 Å². The van der Waals surface area contributed by atoms with Crippen LogP contribution in [0.15, 0.2) is 29.2 Å². The molecule has 18 heavy (non-hydrogen) atoms. The smallest absolute Gasteiger partial charge is 0.326 e. The van der Waals surface area contributed by atoms with Crippen LogP contribution in [0.3, 0.4) is 0 Å². The Morgan fingerprint density at radius 1 is 1.22 bits per heavy atom. The number of unbranched alkanes of at least 4 members (excludes halogenated alkanes) is 2. The maximum absolute atomic E-state index is 12.6. The molecule has 0 aliphatic heterocycles. The van der Waals surface area contributed by atoms with Gasteiger partial charge in [0.15, 0.2) is 0 Å². The van der Waals surface area contributed by atoms with Gasteiger partial charge in [-0.25, -0.2) is 0 Å². The van der Waals surface area contributed by atoms with Gasteiger partial charge in [0, 0.05) is 12.1 Å². The van der Waals surface area contributed by atoms with Crippen LogP contribution in [0.2, 0.25) is 0 Å². The number of hydrogen-bond acceptors (Lipinski definition) is 3. The van der Waals surface area contributed by atoms with E-state index in [9.17, 15) is 17.1 Å². The van der Waals surface area contributed by atoms with Crippen molar-refractivity contribution in [2.45, 2.75) is 37.5 Å². The molecule has 100 valence electrons. The third kappa shape index (κ3) is 4.83. The molecule has 0 aromatic heterocycles. The van der Waals surface area contributed by atoms with Crippen LogP contribution < -0.4 is 5.32 Å². The van der Waals surface area contributed by atoms with Gasteiger partial charge < -0.3 is 5.32 Å². The van der Waals surface area contributed by atoms with Crippen molar-refractivity contribution in [3.63, 3.8) is 0 Å². The average molecular weight is 273 g/mol. The Morgan fingerprint density at radius 3 is 2.33 bits per heavy atom. The highest BCUT2D eigenvalue weighted by Gasteiger charge is 2.11. The Morgan fingerprint density at radius 2 is 1.83 bits per heavy atom. The third-order valence-electron chi connectivity index (χ3n) is 2.43. The molecule has 0 spiro atoms. The van der Waals surface area contributed by atoms with Crippen molar-refractivity contribution >= 4 is 21.8 Å². The van der Waals surface area contributed by atoms with Crippen molar-refractivity contribution in [1.82, 2.24) is 0 Å². The summed E-state index contributed by atoms with van der Waals surface area (Å²) in [5.74, 6) is -0.126. The molecule has 1 N–H and O–H groups in total. The number of anilines is 1. The summed E-state index contributed by atoms with van der Waals surface area (Å²) in [6.45, 7) is 2.05. The van der Waals surface area contributed by atoms with Gasteiger partial charge in [0.2, 0.25) is 5.91 Å². The minimum Gasteiger partial charge on any atom is -0.326 e. The number of nitrogens with one attached hydrogen (secondary N) is 1. The lowest BCUT2D eigenvalue weighted by molar-refractivity contribution is -0.116. The molecule has 0 saturated carbocycles. The van der Waals surface area contributed by atoms with Crippen molar-refractivity contribution < 1.29 is 17.1 Å². The minimum atomic E-state index is -4.68. The second kappa shape index (κ2) is 6.49. The number of carbonyl (C=O) groups is 1. The fraction of sp³-hybridized carbons (Fsp3) is 0.417. The van der Waals surface area contributed by atoms with Crippen LogP contribution in [0, 0.1) is 0 Å². The van der Waals surface area contributed by atoms with E-state index in [1.54, 1.807) is 0 Å². The summed E-state index contributed by atoms with van der Waals surface area (Å²) in [7, 11) is -4.68. The first-order chi connectivity index (χ1) is 8.43. The van der Waals surface area contributed by atoms with Gasteiger partial charge in [0.1, 0.15) is 0 Å². The second-order valence-electron chi connectivity index (χ2n) is 3.97. The summed E-state index contributed by atoms with van der Waals surface area (Å²) in [6, 6.07) is 4.97. The molecule has 1 rings (SSSR count). The highest BCUT2D eigenvalue weighted by Crippen LogP contribution is 2.16. The van der Waals surface area contributed by atoms with E-state index >= 15 is 0 Å². The van der Waals surface area contributed by atoms with E-state index in [4.69, 9.17) is 0 Å². The van der Waals surface area contributed by atoms with Crippen LogP contribution in [0.4, 0.5) is 9.57 Å². The molecule has 0 saturated heterocycles. The second-order valence-corrected chi connectivity index (χ2v) is 5.31. The van der Waals surface area contributed by atoms with E-state index in [1.165, 1.54) is 12.1 Å². The summed E-state index contributed by atoms with van der Waals surface area (Å²) in [5, 5.41) is 2.62. The number of benzene rings is 1. The molecule has 0 aliphatic rings. The van der Waals surface area contributed by atoms with Gasteiger partial charge in [-0.3, -0.25) is 4.79 Å². The molecule has 4 nitrogen and oxygen atoms in total. The van der Waals surface area contributed by atoms with E-state index in [0.717, 1.165) is 31.4 Å². The molecule has 0 atom stereocenters. The maximum Gasteiger partial charge on any atom is 0.332 e. The predicted octanol–water partition coefficient (Wildman–Crippen LogP) is 2.86. The first-order valence-electron chi connectivity index (χ1n) is 5.78. The van der Waals surface area contributed by atoms with Gasteiger partial charge in [0.05, 0.1) is 4.90 Å². The SMILES string of the molecule is CCCCCC(=O)Nc1ccc(S(=O)(=O)F)cc1. The Hall–Kier alpha value is -1.43. The Balaban J connectivity index is 2.56. The third-order valence-corrected chi connectivity index (χ3v) is 3.26. The zero-order chi connectivity index (χ0) is 13.6. The van der Waals surface area contributed by atoms with Gasteiger partial charge >= 0.3 is 10.2 Å². The maximum atomic E-state index is 12.6. The van der Waals surface area contributed by atoms with Crippen LogP contribution >= 0.6 is 0 Å². The predicted molar refractivity (Wildman–Crippen MR) is 67.5 cm³/mol. The van der Waals surface area contributed by atoms with Crippen molar-refractivity contribution in [2.75, 3.05) is 5.32 Å². The number of hydrogen-bond donors (Lipinski definition) is 1. The van der Waals surface area contributed by atoms with E-state index in [1.807, 2.05) is 6.92 Å². The van der Waals surface area contributed by atoms with Crippen molar-refractivity contribution in [1.29, 1.82) is 0 Å². The Bertz CT molecular complexity index is 497. The van der Waals surface area contributed by atoms with Crippen LogP contribution in [0.25, 0.3) is 0 Å². The van der Waals surface area contributed by atoms with Gasteiger partial charge in [-0.1, -0.05) is 19.8 Å². The minimum absolute atomic E-state index is 0.126. The zero-order valence-electron chi connectivity index (χ0n) is 10.1. The zero-order valence-corrected chi connectivity index (χ0v) is 11.0. The highest BCUT2D eigenvalue weighted by molar-refractivity contribution is 7.86.